The molecule has 3 aromatic carbocycles. The van der Waals surface area contributed by atoms with Gasteiger partial charge in [-0.3, -0.25) is 0 Å². The van der Waals surface area contributed by atoms with Gasteiger partial charge in [0.2, 0.25) is 0 Å². The molecule has 29 heavy (non-hydrogen) atoms. The Labute approximate surface area is 177 Å². The summed E-state index contributed by atoms with van der Waals surface area (Å²) < 4.78 is 1.47. The number of benzene rings is 3. The molecule has 5 nitrogen and oxygen atoms in total. The van der Waals surface area contributed by atoms with Gasteiger partial charge in [0.25, 0.3) is 0 Å². The monoisotopic (exact) mass is 425 g/mol. The Balaban J connectivity index is 1.72. The molecule has 0 bridgehead atoms. The third-order valence-electron chi connectivity index (χ3n) is 4.61. The van der Waals surface area contributed by atoms with E-state index in [1.165, 1.54) is 11.1 Å². The molecule has 1 aromatic heterocycles. The van der Waals surface area contributed by atoms with E-state index in [-0.39, 0.29) is 0 Å². The highest BCUT2D eigenvalue weighted by Gasteiger charge is 2.23. The number of halogens is 2. The summed E-state index contributed by atoms with van der Waals surface area (Å²) >= 11 is 12.4. The fraction of sp³-hybridized carbons (Fsp3) is 0.0909. The SMILES string of the molecule is ON=C(c1ccc2ccccc2c1)C(Cc1ccc(Cl)cc1Cl)On1ccnc1. The highest BCUT2D eigenvalue weighted by atomic mass is 35.5. The lowest BCUT2D eigenvalue weighted by Gasteiger charge is -2.21. The summed E-state index contributed by atoms with van der Waals surface area (Å²) in [5, 5.41) is 16.7. The molecule has 0 saturated carbocycles. The van der Waals surface area contributed by atoms with E-state index < -0.39 is 6.10 Å². The first-order chi connectivity index (χ1) is 14.1. The van der Waals surface area contributed by atoms with Crippen molar-refractivity contribution in [3.05, 3.63) is 101 Å². The number of rotatable bonds is 6. The number of oxime groups is 1. The topological polar surface area (TPSA) is 59.6 Å². The summed E-state index contributed by atoms with van der Waals surface area (Å²) in [7, 11) is 0. The minimum Gasteiger partial charge on any atom is -0.411 e. The Bertz CT molecular complexity index is 1160. The molecule has 0 spiro atoms. The van der Waals surface area contributed by atoms with Crippen molar-refractivity contribution in [1.82, 2.24) is 9.71 Å². The van der Waals surface area contributed by atoms with Crippen LogP contribution in [0.2, 0.25) is 10.0 Å². The molecule has 0 saturated heterocycles. The predicted molar refractivity (Wildman–Crippen MR) is 115 cm³/mol. The maximum atomic E-state index is 9.87. The summed E-state index contributed by atoms with van der Waals surface area (Å²) in [5.74, 6) is 0. The first-order valence-corrected chi connectivity index (χ1v) is 9.70. The molecule has 1 atom stereocenters. The third kappa shape index (κ3) is 4.36. The molecule has 0 radical (unpaired) electrons. The van der Waals surface area contributed by atoms with Gasteiger partial charge in [-0.1, -0.05) is 70.8 Å². The van der Waals surface area contributed by atoms with E-state index in [4.69, 9.17) is 28.0 Å². The van der Waals surface area contributed by atoms with Crippen LogP contribution < -0.4 is 4.84 Å². The molecule has 1 heterocycles. The average molecular weight is 426 g/mol. The van der Waals surface area contributed by atoms with Gasteiger partial charge in [0.05, 0.1) is 6.20 Å². The molecule has 4 aromatic rings. The van der Waals surface area contributed by atoms with E-state index in [9.17, 15) is 5.21 Å². The Morgan fingerprint density at radius 1 is 1.07 bits per heavy atom. The fourth-order valence-corrected chi connectivity index (χ4v) is 3.67. The Hall–Kier alpha value is -3.02. The van der Waals surface area contributed by atoms with Gasteiger partial charge in [-0.25, -0.2) is 4.98 Å². The number of imidazole rings is 1. The van der Waals surface area contributed by atoms with Gasteiger partial charge >= 0.3 is 0 Å². The van der Waals surface area contributed by atoms with E-state index in [1.54, 1.807) is 24.5 Å². The smallest absolute Gasteiger partial charge is 0.175 e. The number of nitrogens with zero attached hydrogens (tertiary/aromatic N) is 3. The van der Waals surface area contributed by atoms with Gasteiger partial charge in [-0.15, -0.1) is 0 Å². The summed E-state index contributed by atoms with van der Waals surface area (Å²) in [4.78, 5) is 10.0. The van der Waals surface area contributed by atoms with Crippen LogP contribution in [0, 0.1) is 0 Å². The number of hydrogen-bond acceptors (Lipinski definition) is 4. The molecule has 0 aliphatic heterocycles. The summed E-state index contributed by atoms with van der Waals surface area (Å²) in [6.07, 6.45) is 4.57. The van der Waals surface area contributed by atoms with Crippen molar-refractivity contribution >= 4 is 39.7 Å². The number of hydrogen-bond donors (Lipinski definition) is 1. The molecule has 0 amide bonds. The van der Waals surface area contributed by atoms with Crippen molar-refractivity contribution in [2.24, 2.45) is 5.16 Å². The molecule has 0 aliphatic rings. The van der Waals surface area contributed by atoms with Crippen molar-refractivity contribution in [1.29, 1.82) is 0 Å². The second-order valence-corrected chi connectivity index (χ2v) is 7.35. The molecule has 1 unspecified atom stereocenters. The first kappa shape index (κ1) is 19.3. The lowest BCUT2D eigenvalue weighted by molar-refractivity contribution is 0.0752. The van der Waals surface area contributed by atoms with Crippen molar-refractivity contribution in [2.75, 3.05) is 0 Å². The summed E-state index contributed by atoms with van der Waals surface area (Å²) in [6, 6.07) is 19.1. The van der Waals surface area contributed by atoms with Crippen LogP contribution in [0.3, 0.4) is 0 Å². The first-order valence-electron chi connectivity index (χ1n) is 8.94. The second-order valence-electron chi connectivity index (χ2n) is 6.50. The quantitative estimate of drug-likeness (QED) is 0.260. The van der Waals surface area contributed by atoms with Gasteiger partial charge in [-0.05, 0) is 34.5 Å². The van der Waals surface area contributed by atoms with E-state index in [0.29, 0.717) is 22.2 Å². The lowest BCUT2D eigenvalue weighted by Crippen LogP contribution is -2.35. The highest BCUT2D eigenvalue weighted by molar-refractivity contribution is 6.35. The van der Waals surface area contributed by atoms with Crippen LogP contribution in [-0.4, -0.2) is 26.7 Å². The van der Waals surface area contributed by atoms with Crippen LogP contribution in [0.1, 0.15) is 11.1 Å². The zero-order valence-electron chi connectivity index (χ0n) is 15.2. The Morgan fingerprint density at radius 2 is 1.90 bits per heavy atom. The largest absolute Gasteiger partial charge is 0.411 e. The third-order valence-corrected chi connectivity index (χ3v) is 5.19. The van der Waals surface area contributed by atoms with E-state index in [0.717, 1.165) is 21.9 Å². The minimum atomic E-state index is -0.617. The molecule has 0 aliphatic carbocycles. The molecule has 0 fully saturated rings. The van der Waals surface area contributed by atoms with Crippen LogP contribution in [0.5, 0.6) is 0 Å². The van der Waals surface area contributed by atoms with Crippen LogP contribution >= 0.6 is 23.2 Å². The Morgan fingerprint density at radius 3 is 2.62 bits per heavy atom. The summed E-state index contributed by atoms with van der Waals surface area (Å²) in [6.45, 7) is 0. The summed E-state index contributed by atoms with van der Waals surface area (Å²) in [5.41, 5.74) is 1.96. The molecule has 146 valence electrons. The van der Waals surface area contributed by atoms with Gasteiger partial charge in [0, 0.05) is 28.2 Å². The number of fused-ring (bicyclic) bond motifs is 1. The second kappa shape index (κ2) is 8.55. The zero-order chi connectivity index (χ0) is 20.2. The normalized spacial score (nSPS) is 12.8. The van der Waals surface area contributed by atoms with Crippen molar-refractivity contribution < 1.29 is 10.0 Å². The standard InChI is InChI=1S/C22H17Cl2N3O2/c23-19-8-7-17(20(24)13-19)12-21(29-27-10-9-25-14-27)22(26-28)18-6-5-15-3-1-2-4-16(15)11-18/h1-11,13-14,21,28H,12H2. The minimum absolute atomic E-state index is 0.375. The van der Waals surface area contributed by atoms with Crippen LogP contribution in [0.4, 0.5) is 0 Å². The molecular weight excluding hydrogens is 409 g/mol. The molecule has 4 rings (SSSR count). The van der Waals surface area contributed by atoms with Gasteiger partial charge in [-0.2, -0.15) is 4.73 Å². The Kier molecular flexibility index (Phi) is 5.69. The number of aromatic nitrogens is 2. The lowest BCUT2D eigenvalue weighted by atomic mass is 9.97. The van der Waals surface area contributed by atoms with Crippen molar-refractivity contribution in [3.63, 3.8) is 0 Å². The van der Waals surface area contributed by atoms with E-state index >= 15 is 0 Å². The fourth-order valence-electron chi connectivity index (χ4n) is 3.18. The molecule has 7 heteroatoms. The van der Waals surface area contributed by atoms with Crippen LogP contribution in [0.15, 0.2) is 84.5 Å². The van der Waals surface area contributed by atoms with Crippen molar-refractivity contribution in [3.8, 4) is 0 Å². The molecule has 1 N–H and O–H groups in total. The molecular formula is C22H17Cl2N3O2. The highest BCUT2D eigenvalue weighted by Crippen LogP contribution is 2.24. The van der Waals surface area contributed by atoms with E-state index in [2.05, 4.69) is 10.1 Å². The van der Waals surface area contributed by atoms with Crippen LogP contribution in [-0.2, 0) is 6.42 Å². The predicted octanol–water partition coefficient (Wildman–Crippen LogP) is 5.26. The maximum Gasteiger partial charge on any atom is 0.175 e. The average Bonchev–Trinajstić information content (AvgIpc) is 3.23. The maximum absolute atomic E-state index is 9.87. The van der Waals surface area contributed by atoms with Crippen LogP contribution in [0.25, 0.3) is 10.8 Å². The van der Waals surface area contributed by atoms with Gasteiger partial charge in [0.15, 0.2) is 6.10 Å². The van der Waals surface area contributed by atoms with Crippen molar-refractivity contribution in [2.45, 2.75) is 12.5 Å². The van der Waals surface area contributed by atoms with Gasteiger partial charge < -0.3 is 10.0 Å². The zero-order valence-corrected chi connectivity index (χ0v) is 16.8. The van der Waals surface area contributed by atoms with E-state index in [1.807, 2.05) is 48.5 Å². The van der Waals surface area contributed by atoms with Gasteiger partial charge in [0.1, 0.15) is 12.0 Å².